The van der Waals surface area contributed by atoms with Gasteiger partial charge >= 0.3 is 11.9 Å². The molecule has 0 amide bonds. The van der Waals surface area contributed by atoms with Gasteiger partial charge in [0.2, 0.25) is 6.10 Å². The molecule has 1 unspecified atom stereocenters. The van der Waals surface area contributed by atoms with E-state index in [1.165, 1.54) is 30.6 Å². The fourth-order valence-corrected chi connectivity index (χ4v) is 2.93. The summed E-state index contributed by atoms with van der Waals surface area (Å²) in [6.07, 6.45) is 1.24. The molecule has 1 heterocycles. The van der Waals surface area contributed by atoms with Crippen LogP contribution in [0.3, 0.4) is 0 Å². The molecule has 0 saturated heterocycles. The standard InChI is InChI=1S/C18H11Cl2FN2O4/c1-26-18(25)16(11-3-2-9(19)6-13(11)20)27-17(24)12-7-10(21)8-14-15(12)23-5-4-22-14/h2-8,16H,1H3. The van der Waals surface area contributed by atoms with E-state index in [0.29, 0.717) is 5.02 Å². The second kappa shape index (κ2) is 7.85. The molecule has 1 aromatic heterocycles. The van der Waals surface area contributed by atoms with Gasteiger partial charge < -0.3 is 9.47 Å². The Morgan fingerprint density at radius 3 is 2.56 bits per heavy atom. The van der Waals surface area contributed by atoms with Gasteiger partial charge in [-0.1, -0.05) is 29.3 Å². The highest BCUT2D eigenvalue weighted by Gasteiger charge is 2.29. The number of ether oxygens (including phenoxy) is 2. The molecule has 0 radical (unpaired) electrons. The predicted molar refractivity (Wildman–Crippen MR) is 96.1 cm³/mol. The third-order valence-electron chi connectivity index (χ3n) is 3.64. The Morgan fingerprint density at radius 2 is 1.85 bits per heavy atom. The van der Waals surface area contributed by atoms with Crippen molar-refractivity contribution in [3.63, 3.8) is 0 Å². The lowest BCUT2D eigenvalue weighted by molar-refractivity contribution is -0.151. The Labute approximate surface area is 162 Å². The quantitative estimate of drug-likeness (QED) is 0.603. The Bertz CT molecular complexity index is 1050. The number of aromatic nitrogens is 2. The minimum atomic E-state index is -1.47. The van der Waals surface area contributed by atoms with Gasteiger partial charge in [-0.05, 0) is 18.2 Å². The van der Waals surface area contributed by atoms with Gasteiger partial charge in [-0.15, -0.1) is 0 Å². The summed E-state index contributed by atoms with van der Waals surface area (Å²) >= 11 is 12.0. The molecule has 1 atom stereocenters. The lowest BCUT2D eigenvalue weighted by Crippen LogP contribution is -2.22. The second-order valence-electron chi connectivity index (χ2n) is 5.35. The zero-order valence-corrected chi connectivity index (χ0v) is 15.3. The van der Waals surface area contributed by atoms with Gasteiger partial charge in [0.25, 0.3) is 0 Å². The smallest absolute Gasteiger partial charge is 0.352 e. The molecule has 0 N–H and O–H groups in total. The average Bonchev–Trinajstić information content (AvgIpc) is 2.65. The first-order valence-electron chi connectivity index (χ1n) is 7.54. The summed E-state index contributed by atoms with van der Waals surface area (Å²) in [6, 6.07) is 6.40. The summed E-state index contributed by atoms with van der Waals surface area (Å²) < 4.78 is 23.8. The molecule has 3 rings (SSSR count). The predicted octanol–water partition coefficient (Wildman–Crippen LogP) is 4.15. The van der Waals surface area contributed by atoms with Crippen molar-refractivity contribution in [2.75, 3.05) is 7.11 Å². The number of carbonyl (C=O) groups excluding carboxylic acids is 2. The lowest BCUT2D eigenvalue weighted by Gasteiger charge is -2.17. The molecule has 2 aromatic carbocycles. The van der Waals surface area contributed by atoms with Crippen molar-refractivity contribution in [2.45, 2.75) is 6.10 Å². The van der Waals surface area contributed by atoms with Crippen molar-refractivity contribution in [1.29, 1.82) is 0 Å². The molecule has 0 aliphatic carbocycles. The van der Waals surface area contributed by atoms with Gasteiger partial charge in [0.05, 0.1) is 18.2 Å². The molecule has 0 saturated carbocycles. The van der Waals surface area contributed by atoms with Crippen LogP contribution in [0, 0.1) is 5.82 Å². The number of halogens is 3. The first kappa shape index (κ1) is 19.0. The van der Waals surface area contributed by atoms with E-state index in [1.807, 2.05) is 0 Å². The Kier molecular flexibility index (Phi) is 5.53. The van der Waals surface area contributed by atoms with Crippen molar-refractivity contribution < 1.29 is 23.5 Å². The van der Waals surface area contributed by atoms with E-state index in [9.17, 15) is 14.0 Å². The van der Waals surface area contributed by atoms with Gasteiger partial charge in [-0.25, -0.2) is 14.0 Å². The molecule has 6 nitrogen and oxygen atoms in total. The SMILES string of the molecule is COC(=O)C(OC(=O)c1cc(F)cc2nccnc12)c1ccc(Cl)cc1Cl. The molecule has 27 heavy (non-hydrogen) atoms. The highest BCUT2D eigenvalue weighted by molar-refractivity contribution is 6.35. The number of fused-ring (bicyclic) bond motifs is 1. The van der Waals surface area contributed by atoms with Crippen molar-refractivity contribution in [3.8, 4) is 0 Å². The van der Waals surface area contributed by atoms with E-state index in [2.05, 4.69) is 9.97 Å². The number of rotatable bonds is 4. The third-order valence-corrected chi connectivity index (χ3v) is 4.21. The van der Waals surface area contributed by atoms with E-state index >= 15 is 0 Å². The minimum Gasteiger partial charge on any atom is -0.466 e. The average molecular weight is 409 g/mol. The normalized spacial score (nSPS) is 11.9. The van der Waals surface area contributed by atoms with Gasteiger partial charge in [0.15, 0.2) is 0 Å². The Morgan fingerprint density at radius 1 is 1.11 bits per heavy atom. The number of carbonyl (C=O) groups is 2. The van der Waals surface area contributed by atoms with Gasteiger partial charge in [0, 0.05) is 34.1 Å². The maximum Gasteiger partial charge on any atom is 0.352 e. The third kappa shape index (κ3) is 3.99. The second-order valence-corrected chi connectivity index (χ2v) is 6.20. The summed E-state index contributed by atoms with van der Waals surface area (Å²) in [5.41, 5.74) is 0.295. The summed E-state index contributed by atoms with van der Waals surface area (Å²) in [5.74, 6) is -2.55. The number of hydrogen-bond acceptors (Lipinski definition) is 6. The highest BCUT2D eigenvalue weighted by Crippen LogP contribution is 2.30. The summed E-state index contributed by atoms with van der Waals surface area (Å²) in [6.45, 7) is 0. The molecule has 0 aliphatic heterocycles. The molecule has 0 spiro atoms. The van der Waals surface area contributed by atoms with Crippen LogP contribution in [0.15, 0.2) is 42.7 Å². The summed E-state index contributed by atoms with van der Waals surface area (Å²) in [4.78, 5) is 32.8. The fourth-order valence-electron chi connectivity index (χ4n) is 2.43. The van der Waals surface area contributed by atoms with Crippen LogP contribution in [0.4, 0.5) is 4.39 Å². The van der Waals surface area contributed by atoms with E-state index in [-0.39, 0.29) is 27.2 Å². The van der Waals surface area contributed by atoms with Crippen molar-refractivity contribution >= 4 is 46.2 Å². The van der Waals surface area contributed by atoms with Crippen molar-refractivity contribution in [2.24, 2.45) is 0 Å². The monoisotopic (exact) mass is 408 g/mol. The topological polar surface area (TPSA) is 78.4 Å². The molecule has 0 fully saturated rings. The number of nitrogens with zero attached hydrogens (tertiary/aromatic N) is 2. The highest BCUT2D eigenvalue weighted by atomic mass is 35.5. The van der Waals surface area contributed by atoms with Crippen LogP contribution in [-0.2, 0) is 14.3 Å². The number of hydrogen-bond donors (Lipinski definition) is 0. The first-order chi connectivity index (χ1) is 12.9. The van der Waals surface area contributed by atoms with E-state index < -0.39 is 23.9 Å². The molecule has 9 heteroatoms. The zero-order valence-electron chi connectivity index (χ0n) is 13.8. The fraction of sp³-hybridized carbons (Fsp3) is 0.111. The maximum atomic E-state index is 13.8. The molecule has 138 valence electrons. The molecule has 0 bridgehead atoms. The Hall–Kier alpha value is -2.77. The van der Waals surface area contributed by atoms with Crippen LogP contribution < -0.4 is 0 Å². The van der Waals surface area contributed by atoms with Crippen LogP contribution in [0.2, 0.25) is 10.0 Å². The largest absolute Gasteiger partial charge is 0.466 e. The van der Waals surface area contributed by atoms with Crippen molar-refractivity contribution in [3.05, 3.63) is 69.7 Å². The first-order valence-corrected chi connectivity index (χ1v) is 8.30. The van der Waals surface area contributed by atoms with Crippen molar-refractivity contribution in [1.82, 2.24) is 9.97 Å². The van der Waals surface area contributed by atoms with Gasteiger partial charge in [-0.3, -0.25) is 9.97 Å². The molecular weight excluding hydrogens is 398 g/mol. The summed E-state index contributed by atoms with van der Waals surface area (Å²) in [7, 11) is 1.13. The van der Waals surface area contributed by atoms with E-state index in [1.54, 1.807) is 0 Å². The van der Waals surface area contributed by atoms with Crippen LogP contribution in [-0.4, -0.2) is 29.0 Å². The number of benzene rings is 2. The van der Waals surface area contributed by atoms with Crippen LogP contribution >= 0.6 is 23.2 Å². The van der Waals surface area contributed by atoms with E-state index in [0.717, 1.165) is 19.2 Å². The molecule has 0 aliphatic rings. The van der Waals surface area contributed by atoms with Crippen LogP contribution in [0.1, 0.15) is 22.0 Å². The van der Waals surface area contributed by atoms with Gasteiger partial charge in [0.1, 0.15) is 11.3 Å². The minimum absolute atomic E-state index is 0.106. The van der Waals surface area contributed by atoms with E-state index in [4.69, 9.17) is 32.7 Å². The summed E-state index contributed by atoms with van der Waals surface area (Å²) in [5, 5.41) is 0.444. The number of methoxy groups -OCH3 is 1. The van der Waals surface area contributed by atoms with Crippen LogP contribution in [0.25, 0.3) is 11.0 Å². The zero-order chi connectivity index (χ0) is 19.6. The molecule has 3 aromatic rings. The van der Waals surface area contributed by atoms with Gasteiger partial charge in [-0.2, -0.15) is 0 Å². The maximum absolute atomic E-state index is 13.8. The lowest BCUT2D eigenvalue weighted by atomic mass is 10.1. The Balaban J connectivity index is 2.02. The van der Waals surface area contributed by atoms with Crippen LogP contribution in [0.5, 0.6) is 0 Å². The molecular formula is C18H11Cl2FN2O4. The number of esters is 2.